The van der Waals surface area contributed by atoms with E-state index in [1.807, 2.05) is 0 Å². The van der Waals surface area contributed by atoms with Crippen molar-refractivity contribution in [3.8, 4) is 0 Å². The lowest BCUT2D eigenvalue weighted by Gasteiger charge is -2.45. The minimum Gasteiger partial charge on any atom is -0.304 e. The van der Waals surface area contributed by atoms with E-state index in [0.717, 1.165) is 41.7 Å². The van der Waals surface area contributed by atoms with Crippen molar-refractivity contribution >= 4 is 0 Å². The molecule has 0 N–H and O–H groups in total. The first-order valence-electron chi connectivity index (χ1n) is 14.7. The predicted molar refractivity (Wildman–Crippen MR) is 147 cm³/mol. The van der Waals surface area contributed by atoms with Gasteiger partial charge in [-0.3, -0.25) is 4.90 Å². The monoisotopic (exact) mass is 463 g/mol. The van der Waals surface area contributed by atoms with Gasteiger partial charge in [-0.25, -0.2) is 0 Å². The highest BCUT2D eigenvalue weighted by molar-refractivity contribution is 4.90. The average molecular weight is 464 g/mol. The maximum absolute atomic E-state index is 2.85. The van der Waals surface area contributed by atoms with Crippen molar-refractivity contribution in [2.75, 3.05) is 33.2 Å². The largest absolute Gasteiger partial charge is 0.304 e. The highest BCUT2D eigenvalue weighted by Crippen LogP contribution is 2.36. The molecule has 2 fully saturated rings. The summed E-state index contributed by atoms with van der Waals surface area (Å²) in [4.78, 5) is 8.16. The molecule has 33 heavy (non-hydrogen) atoms. The van der Waals surface area contributed by atoms with Crippen LogP contribution in [0, 0.1) is 29.6 Å². The molecule has 196 valence electrons. The lowest BCUT2D eigenvalue weighted by molar-refractivity contribution is 0.0411. The fourth-order valence-corrected chi connectivity index (χ4v) is 6.44. The molecule has 3 heteroatoms. The molecule has 2 heterocycles. The van der Waals surface area contributed by atoms with E-state index in [1.165, 1.54) is 71.1 Å². The zero-order valence-electron chi connectivity index (χ0n) is 24.3. The van der Waals surface area contributed by atoms with Crippen molar-refractivity contribution in [2.45, 2.75) is 131 Å². The van der Waals surface area contributed by atoms with Crippen LogP contribution in [0.5, 0.6) is 0 Å². The van der Waals surface area contributed by atoms with E-state index in [1.54, 1.807) is 0 Å². The van der Waals surface area contributed by atoms with Gasteiger partial charge in [0.05, 0.1) is 0 Å². The van der Waals surface area contributed by atoms with Crippen LogP contribution in [-0.2, 0) is 0 Å². The Labute approximate surface area is 209 Å². The summed E-state index contributed by atoms with van der Waals surface area (Å²) in [6, 6.07) is 2.85. The van der Waals surface area contributed by atoms with Crippen molar-refractivity contribution in [3.05, 3.63) is 0 Å². The van der Waals surface area contributed by atoms with Gasteiger partial charge in [-0.15, -0.1) is 0 Å². The number of piperidine rings is 1. The van der Waals surface area contributed by atoms with Gasteiger partial charge in [0.1, 0.15) is 0 Å². The molecule has 0 bridgehead atoms. The maximum atomic E-state index is 2.85. The van der Waals surface area contributed by atoms with Crippen LogP contribution in [0.25, 0.3) is 0 Å². The second kappa shape index (κ2) is 13.8. The molecule has 0 aliphatic carbocycles. The number of nitrogens with zero attached hydrogens (tertiary/aromatic N) is 3. The normalized spacial score (nSPS) is 28.4. The third-order valence-electron chi connectivity index (χ3n) is 9.68. The molecule has 0 aromatic carbocycles. The number of hydrogen-bond donors (Lipinski definition) is 0. The van der Waals surface area contributed by atoms with Gasteiger partial charge in [-0.2, -0.15) is 0 Å². The number of likely N-dealkylation sites (tertiary alicyclic amines) is 2. The zero-order chi connectivity index (χ0) is 24.7. The highest BCUT2D eigenvalue weighted by Gasteiger charge is 2.35. The molecule has 6 atom stereocenters. The molecular formula is C30H61N3. The van der Waals surface area contributed by atoms with Gasteiger partial charge in [0.25, 0.3) is 0 Å². The molecular weight excluding hydrogens is 402 g/mol. The summed E-state index contributed by atoms with van der Waals surface area (Å²) in [5.74, 6) is 4.39. The lowest BCUT2D eigenvalue weighted by atomic mass is 9.77. The molecule has 0 amide bonds. The first-order valence-corrected chi connectivity index (χ1v) is 14.7. The Morgan fingerprint density at radius 3 is 2.06 bits per heavy atom. The molecule has 6 unspecified atom stereocenters. The van der Waals surface area contributed by atoms with Crippen LogP contribution >= 0.6 is 0 Å². The Kier molecular flexibility index (Phi) is 12.2. The quantitative estimate of drug-likeness (QED) is 0.291. The standard InChI is InChI=1S/C30H61N3/c1-22(2)29-14-17-32(21-29)27(9)19-30-20-28(15-18-33(30)24(5)6)26(8)12-11-25(7)13-16-31(10)23(3)4/h22-30H,11-21H2,1-10H3. The lowest BCUT2D eigenvalue weighted by Crippen LogP contribution is -2.50. The van der Waals surface area contributed by atoms with Gasteiger partial charge in [0, 0.05) is 30.7 Å². The fraction of sp³-hybridized carbons (Fsp3) is 1.00. The summed E-state index contributed by atoms with van der Waals surface area (Å²) in [6.45, 7) is 27.0. The number of rotatable bonds is 13. The summed E-state index contributed by atoms with van der Waals surface area (Å²) < 4.78 is 0. The Morgan fingerprint density at radius 1 is 0.818 bits per heavy atom. The fourth-order valence-electron chi connectivity index (χ4n) is 6.44. The zero-order valence-corrected chi connectivity index (χ0v) is 24.3. The molecule has 2 rings (SSSR count). The van der Waals surface area contributed by atoms with Crippen molar-refractivity contribution in [2.24, 2.45) is 29.6 Å². The van der Waals surface area contributed by atoms with Gasteiger partial charge in [-0.05, 0) is 123 Å². The van der Waals surface area contributed by atoms with Crippen LogP contribution in [-0.4, -0.2) is 72.1 Å². The Bertz CT molecular complexity index is 531. The van der Waals surface area contributed by atoms with E-state index in [4.69, 9.17) is 0 Å². The average Bonchev–Trinajstić information content (AvgIpc) is 3.26. The van der Waals surface area contributed by atoms with E-state index in [0.29, 0.717) is 12.1 Å². The van der Waals surface area contributed by atoms with Gasteiger partial charge in [0.15, 0.2) is 0 Å². The van der Waals surface area contributed by atoms with E-state index >= 15 is 0 Å². The van der Waals surface area contributed by atoms with Gasteiger partial charge in [-0.1, -0.05) is 40.5 Å². The molecule has 0 aromatic heterocycles. The van der Waals surface area contributed by atoms with Crippen molar-refractivity contribution in [1.29, 1.82) is 0 Å². The summed E-state index contributed by atoms with van der Waals surface area (Å²) in [6.07, 6.45) is 9.78. The predicted octanol–water partition coefficient (Wildman–Crippen LogP) is 7.01. The minimum absolute atomic E-state index is 0.665. The van der Waals surface area contributed by atoms with Crippen LogP contribution in [0.3, 0.4) is 0 Å². The topological polar surface area (TPSA) is 9.72 Å². The Balaban J connectivity index is 1.85. The highest BCUT2D eigenvalue weighted by atomic mass is 15.2. The van der Waals surface area contributed by atoms with E-state index < -0.39 is 0 Å². The Hall–Kier alpha value is -0.120. The molecule has 0 spiro atoms. The molecule has 0 saturated carbocycles. The first-order chi connectivity index (χ1) is 15.5. The third kappa shape index (κ3) is 9.12. The second-order valence-electron chi connectivity index (χ2n) is 13.2. The van der Waals surface area contributed by atoms with Crippen molar-refractivity contribution < 1.29 is 0 Å². The van der Waals surface area contributed by atoms with E-state index in [2.05, 4.69) is 84.1 Å². The minimum atomic E-state index is 0.665. The molecule has 2 aliphatic rings. The first kappa shape index (κ1) is 29.1. The number of hydrogen-bond acceptors (Lipinski definition) is 3. The molecule has 0 aromatic rings. The van der Waals surface area contributed by atoms with Gasteiger partial charge >= 0.3 is 0 Å². The second-order valence-corrected chi connectivity index (χ2v) is 13.2. The van der Waals surface area contributed by atoms with Gasteiger partial charge in [0.2, 0.25) is 0 Å². The molecule has 3 nitrogen and oxygen atoms in total. The molecule has 2 saturated heterocycles. The van der Waals surface area contributed by atoms with Crippen molar-refractivity contribution in [3.63, 3.8) is 0 Å². The SMILES string of the molecule is CC(CCC(C)C1CCN(C(C)C)C(CC(C)N2CCC(C(C)C)C2)C1)CCN(C)C(C)C. The maximum Gasteiger partial charge on any atom is 0.0115 e. The third-order valence-corrected chi connectivity index (χ3v) is 9.68. The van der Waals surface area contributed by atoms with Crippen LogP contribution in [0.15, 0.2) is 0 Å². The summed E-state index contributed by atoms with van der Waals surface area (Å²) in [5, 5.41) is 0. The van der Waals surface area contributed by atoms with Crippen molar-refractivity contribution in [1.82, 2.24) is 14.7 Å². The molecule has 2 aliphatic heterocycles. The van der Waals surface area contributed by atoms with Crippen LogP contribution in [0.1, 0.15) is 107 Å². The summed E-state index contributed by atoms with van der Waals surface area (Å²) in [5.41, 5.74) is 0. The van der Waals surface area contributed by atoms with Crippen LogP contribution in [0.2, 0.25) is 0 Å². The summed E-state index contributed by atoms with van der Waals surface area (Å²) >= 11 is 0. The van der Waals surface area contributed by atoms with Crippen LogP contribution < -0.4 is 0 Å². The van der Waals surface area contributed by atoms with Crippen LogP contribution in [0.4, 0.5) is 0 Å². The Morgan fingerprint density at radius 2 is 1.48 bits per heavy atom. The van der Waals surface area contributed by atoms with E-state index in [-0.39, 0.29) is 0 Å². The summed E-state index contributed by atoms with van der Waals surface area (Å²) in [7, 11) is 2.27. The molecule has 0 radical (unpaired) electrons. The van der Waals surface area contributed by atoms with Gasteiger partial charge < -0.3 is 9.80 Å². The van der Waals surface area contributed by atoms with E-state index in [9.17, 15) is 0 Å². The smallest absolute Gasteiger partial charge is 0.0115 e.